The maximum atomic E-state index is 11.2. The van der Waals surface area contributed by atoms with Crippen LogP contribution < -0.4 is 14.2 Å². The molecule has 3 rings (SSSR count). The second kappa shape index (κ2) is 3.80. The Bertz CT molecular complexity index is 504. The zero-order chi connectivity index (χ0) is 12.8. The minimum Gasteiger partial charge on any atom is -0.496 e. The lowest BCUT2D eigenvalue weighted by atomic mass is 9.95. The number of aliphatic carboxylic acids is 1. The molecule has 5 heteroatoms. The minimum atomic E-state index is -0.734. The number of methoxy groups -OCH3 is 1. The molecule has 1 fully saturated rings. The molecule has 18 heavy (non-hydrogen) atoms. The van der Waals surface area contributed by atoms with E-state index in [4.69, 9.17) is 14.2 Å². The summed E-state index contributed by atoms with van der Waals surface area (Å²) in [6.45, 7) is 0.200. The molecule has 1 aliphatic carbocycles. The van der Waals surface area contributed by atoms with Crippen LogP contribution in [0.15, 0.2) is 12.1 Å². The van der Waals surface area contributed by atoms with Crippen molar-refractivity contribution in [3.05, 3.63) is 17.7 Å². The van der Waals surface area contributed by atoms with E-state index in [-0.39, 0.29) is 6.79 Å². The Labute approximate surface area is 104 Å². The topological polar surface area (TPSA) is 65.0 Å². The standard InChI is InChI=1S/C13H14O5/c1-16-9-5-11-10(17-7-18-11)4-8(9)6-13(2-3-13)12(14)15/h4-5H,2-3,6-7H2,1H3,(H,14,15). The van der Waals surface area contributed by atoms with Gasteiger partial charge in [-0.1, -0.05) is 0 Å². The fourth-order valence-electron chi connectivity index (χ4n) is 2.28. The molecule has 0 radical (unpaired) electrons. The fraction of sp³-hybridized carbons (Fsp3) is 0.462. The molecule has 0 unspecified atom stereocenters. The molecule has 1 N–H and O–H groups in total. The highest BCUT2D eigenvalue weighted by atomic mass is 16.7. The molecular formula is C13H14O5. The van der Waals surface area contributed by atoms with Crippen LogP contribution in [-0.2, 0) is 11.2 Å². The number of benzene rings is 1. The second-order valence-corrected chi connectivity index (χ2v) is 4.78. The van der Waals surface area contributed by atoms with E-state index in [9.17, 15) is 9.90 Å². The summed E-state index contributed by atoms with van der Waals surface area (Å²) < 4.78 is 15.9. The molecule has 0 atom stereocenters. The van der Waals surface area contributed by atoms with Gasteiger partial charge in [0.2, 0.25) is 6.79 Å². The van der Waals surface area contributed by atoms with Crippen molar-refractivity contribution in [3.63, 3.8) is 0 Å². The number of hydrogen-bond acceptors (Lipinski definition) is 4. The van der Waals surface area contributed by atoms with Crippen LogP contribution in [0.5, 0.6) is 17.2 Å². The Morgan fingerprint density at radius 2 is 2.06 bits per heavy atom. The van der Waals surface area contributed by atoms with Gasteiger partial charge in [-0.05, 0) is 30.9 Å². The number of carboxylic acids is 1. The van der Waals surface area contributed by atoms with Crippen molar-refractivity contribution in [1.29, 1.82) is 0 Å². The number of hydrogen-bond donors (Lipinski definition) is 1. The molecule has 0 saturated heterocycles. The first-order valence-corrected chi connectivity index (χ1v) is 5.84. The van der Waals surface area contributed by atoms with Gasteiger partial charge in [0.05, 0.1) is 12.5 Å². The zero-order valence-electron chi connectivity index (χ0n) is 10.1. The van der Waals surface area contributed by atoms with Gasteiger partial charge in [0.25, 0.3) is 0 Å². The summed E-state index contributed by atoms with van der Waals surface area (Å²) in [6.07, 6.45) is 1.92. The van der Waals surface area contributed by atoms with Gasteiger partial charge >= 0.3 is 5.97 Å². The number of ether oxygens (including phenoxy) is 3. The SMILES string of the molecule is COc1cc2c(cc1CC1(C(=O)O)CC1)OCO2. The first-order chi connectivity index (χ1) is 8.64. The van der Waals surface area contributed by atoms with Crippen LogP contribution in [-0.4, -0.2) is 25.0 Å². The first-order valence-electron chi connectivity index (χ1n) is 5.84. The molecule has 1 aliphatic heterocycles. The van der Waals surface area contributed by atoms with Crippen molar-refractivity contribution in [3.8, 4) is 17.2 Å². The normalized spacial score (nSPS) is 18.5. The van der Waals surface area contributed by atoms with Gasteiger partial charge in [-0.25, -0.2) is 0 Å². The predicted octanol–water partition coefficient (Wildman–Crippen LogP) is 1.83. The number of carboxylic acid groups (broad SMARTS) is 1. The summed E-state index contributed by atoms with van der Waals surface area (Å²) in [5.74, 6) is 1.23. The van der Waals surface area contributed by atoms with Gasteiger partial charge < -0.3 is 19.3 Å². The van der Waals surface area contributed by atoms with Crippen LogP contribution in [0.2, 0.25) is 0 Å². The number of carbonyl (C=O) groups is 1. The molecule has 0 bridgehead atoms. The van der Waals surface area contributed by atoms with Gasteiger partial charge in [0.15, 0.2) is 11.5 Å². The minimum absolute atomic E-state index is 0.200. The first kappa shape index (κ1) is 11.2. The second-order valence-electron chi connectivity index (χ2n) is 4.78. The highest BCUT2D eigenvalue weighted by Crippen LogP contribution is 2.51. The van der Waals surface area contributed by atoms with Crippen molar-refractivity contribution >= 4 is 5.97 Å². The predicted molar refractivity (Wildman–Crippen MR) is 62.1 cm³/mol. The molecule has 0 amide bonds. The largest absolute Gasteiger partial charge is 0.496 e. The third-order valence-corrected chi connectivity index (χ3v) is 3.61. The van der Waals surface area contributed by atoms with Crippen molar-refractivity contribution in [2.45, 2.75) is 19.3 Å². The summed E-state index contributed by atoms with van der Waals surface area (Å²) in [4.78, 5) is 11.2. The van der Waals surface area contributed by atoms with Crippen molar-refractivity contribution in [1.82, 2.24) is 0 Å². The molecule has 1 heterocycles. The Morgan fingerprint density at radius 3 is 2.61 bits per heavy atom. The van der Waals surface area contributed by atoms with Crippen LogP contribution >= 0.6 is 0 Å². The van der Waals surface area contributed by atoms with Gasteiger partial charge in [0, 0.05) is 6.07 Å². The summed E-state index contributed by atoms with van der Waals surface area (Å²) in [6, 6.07) is 3.58. The van der Waals surface area contributed by atoms with Gasteiger partial charge in [-0.15, -0.1) is 0 Å². The Kier molecular flexibility index (Phi) is 2.36. The third-order valence-electron chi connectivity index (χ3n) is 3.61. The Balaban J connectivity index is 1.94. The molecular weight excluding hydrogens is 236 g/mol. The zero-order valence-corrected chi connectivity index (χ0v) is 10.1. The fourth-order valence-corrected chi connectivity index (χ4v) is 2.28. The average Bonchev–Trinajstić information content (AvgIpc) is 3.00. The van der Waals surface area contributed by atoms with Gasteiger partial charge in [-0.2, -0.15) is 0 Å². The highest BCUT2D eigenvalue weighted by Gasteiger charge is 2.50. The van der Waals surface area contributed by atoms with E-state index in [1.165, 1.54) is 0 Å². The van der Waals surface area contributed by atoms with Crippen molar-refractivity contribution in [2.24, 2.45) is 5.41 Å². The van der Waals surface area contributed by atoms with Gasteiger partial charge in [0.1, 0.15) is 5.75 Å². The van der Waals surface area contributed by atoms with Crippen LogP contribution in [0.4, 0.5) is 0 Å². The highest BCUT2D eigenvalue weighted by molar-refractivity contribution is 5.78. The smallest absolute Gasteiger partial charge is 0.309 e. The quantitative estimate of drug-likeness (QED) is 0.883. The molecule has 96 valence electrons. The van der Waals surface area contributed by atoms with E-state index in [1.807, 2.05) is 6.07 Å². The maximum absolute atomic E-state index is 11.2. The van der Waals surface area contributed by atoms with Crippen LogP contribution in [0.3, 0.4) is 0 Å². The average molecular weight is 250 g/mol. The van der Waals surface area contributed by atoms with E-state index in [1.54, 1.807) is 13.2 Å². The molecule has 5 nitrogen and oxygen atoms in total. The summed E-state index contributed by atoms with van der Waals surface area (Å²) >= 11 is 0. The van der Waals surface area contributed by atoms with E-state index in [2.05, 4.69) is 0 Å². The number of fused-ring (bicyclic) bond motifs is 1. The van der Waals surface area contributed by atoms with E-state index >= 15 is 0 Å². The van der Waals surface area contributed by atoms with E-state index in [0.29, 0.717) is 23.7 Å². The monoisotopic (exact) mass is 250 g/mol. The lowest BCUT2D eigenvalue weighted by Gasteiger charge is -2.13. The van der Waals surface area contributed by atoms with Crippen LogP contribution in [0.25, 0.3) is 0 Å². The molecule has 2 aliphatic rings. The molecule has 0 spiro atoms. The summed E-state index contributed by atoms with van der Waals surface area (Å²) in [5, 5.41) is 9.23. The van der Waals surface area contributed by atoms with Crippen LogP contribution in [0, 0.1) is 5.41 Å². The van der Waals surface area contributed by atoms with Crippen LogP contribution in [0.1, 0.15) is 18.4 Å². The summed E-state index contributed by atoms with van der Waals surface area (Å²) in [5.41, 5.74) is 0.252. The molecule has 1 saturated carbocycles. The van der Waals surface area contributed by atoms with Crippen molar-refractivity contribution < 1.29 is 24.1 Å². The number of rotatable bonds is 4. The van der Waals surface area contributed by atoms with Crippen molar-refractivity contribution in [2.75, 3.05) is 13.9 Å². The van der Waals surface area contributed by atoms with E-state index in [0.717, 1.165) is 18.4 Å². The lowest BCUT2D eigenvalue weighted by Crippen LogP contribution is -2.17. The third kappa shape index (κ3) is 1.66. The molecule has 0 aromatic heterocycles. The van der Waals surface area contributed by atoms with Gasteiger partial charge in [-0.3, -0.25) is 4.79 Å². The lowest BCUT2D eigenvalue weighted by molar-refractivity contribution is -0.143. The van der Waals surface area contributed by atoms with E-state index < -0.39 is 11.4 Å². The molecule has 1 aromatic carbocycles. The summed E-state index contributed by atoms with van der Waals surface area (Å²) in [7, 11) is 1.57. The Hall–Kier alpha value is -1.91. The maximum Gasteiger partial charge on any atom is 0.309 e. The Morgan fingerprint density at radius 1 is 1.39 bits per heavy atom. The molecule has 1 aromatic rings.